The van der Waals surface area contributed by atoms with E-state index in [1.165, 1.54) is 5.56 Å². The minimum Gasteiger partial charge on any atom is -0.325 e. The van der Waals surface area contributed by atoms with Gasteiger partial charge in [0.25, 0.3) is 0 Å². The highest BCUT2D eigenvalue weighted by Gasteiger charge is 2.12. The lowest BCUT2D eigenvalue weighted by atomic mass is 10.0. The van der Waals surface area contributed by atoms with E-state index in [9.17, 15) is 4.79 Å². The molecule has 0 aliphatic heterocycles. The molecule has 0 saturated carbocycles. The van der Waals surface area contributed by atoms with Crippen molar-refractivity contribution in [3.63, 3.8) is 0 Å². The van der Waals surface area contributed by atoms with Crippen molar-refractivity contribution in [2.45, 2.75) is 39.2 Å². The molecular weight excluding hydrogens is 256 g/mol. The van der Waals surface area contributed by atoms with Crippen molar-refractivity contribution in [2.24, 2.45) is 5.73 Å². The standard InChI is InChI=1S/C15H24N2OS/c1-11(2)12-5-7-13(8-6-12)17-14(18)9-19-10-15(3,4)16/h5-8,11H,9-10,16H2,1-4H3,(H,17,18). The zero-order valence-corrected chi connectivity index (χ0v) is 13.0. The van der Waals surface area contributed by atoms with Crippen LogP contribution in [0.4, 0.5) is 5.69 Å². The summed E-state index contributed by atoms with van der Waals surface area (Å²) in [4.78, 5) is 11.7. The van der Waals surface area contributed by atoms with E-state index < -0.39 is 0 Å². The van der Waals surface area contributed by atoms with Crippen molar-refractivity contribution >= 4 is 23.4 Å². The molecular formula is C15H24N2OS. The average molecular weight is 280 g/mol. The molecule has 0 heterocycles. The minimum atomic E-state index is -0.232. The van der Waals surface area contributed by atoms with Gasteiger partial charge in [-0.1, -0.05) is 26.0 Å². The highest BCUT2D eigenvalue weighted by molar-refractivity contribution is 8.00. The van der Waals surface area contributed by atoms with Crippen molar-refractivity contribution in [1.82, 2.24) is 0 Å². The summed E-state index contributed by atoms with van der Waals surface area (Å²) < 4.78 is 0. The number of nitrogens with two attached hydrogens (primary N) is 1. The number of anilines is 1. The topological polar surface area (TPSA) is 55.1 Å². The van der Waals surface area contributed by atoms with E-state index in [1.54, 1.807) is 11.8 Å². The number of hydrogen-bond donors (Lipinski definition) is 2. The van der Waals surface area contributed by atoms with Gasteiger partial charge in [-0.25, -0.2) is 0 Å². The van der Waals surface area contributed by atoms with Crippen molar-refractivity contribution < 1.29 is 4.79 Å². The summed E-state index contributed by atoms with van der Waals surface area (Å²) in [7, 11) is 0. The third kappa shape index (κ3) is 6.64. The smallest absolute Gasteiger partial charge is 0.234 e. The molecule has 0 aliphatic carbocycles. The Kier molecular flexibility index (Phi) is 5.88. The molecule has 0 bridgehead atoms. The van der Waals surface area contributed by atoms with Crippen LogP contribution in [0.2, 0.25) is 0 Å². The molecule has 1 aromatic rings. The third-order valence-corrected chi connectivity index (χ3v) is 3.98. The monoisotopic (exact) mass is 280 g/mol. The van der Waals surface area contributed by atoms with Crippen LogP contribution >= 0.6 is 11.8 Å². The van der Waals surface area contributed by atoms with Crippen molar-refractivity contribution in [3.8, 4) is 0 Å². The van der Waals surface area contributed by atoms with Crippen LogP contribution in [0.25, 0.3) is 0 Å². The van der Waals surface area contributed by atoms with Gasteiger partial charge in [0.2, 0.25) is 5.91 Å². The number of benzene rings is 1. The SMILES string of the molecule is CC(C)c1ccc(NC(=O)CSCC(C)(C)N)cc1. The maximum Gasteiger partial charge on any atom is 0.234 e. The zero-order valence-electron chi connectivity index (χ0n) is 12.2. The Balaban J connectivity index is 2.40. The van der Waals surface area contributed by atoms with Crippen LogP contribution in [0.5, 0.6) is 0 Å². The molecule has 106 valence electrons. The maximum atomic E-state index is 11.7. The second-order valence-electron chi connectivity index (χ2n) is 5.81. The minimum absolute atomic E-state index is 0.0200. The lowest BCUT2D eigenvalue weighted by molar-refractivity contribution is -0.113. The molecule has 0 atom stereocenters. The van der Waals surface area contributed by atoms with Gasteiger partial charge in [0, 0.05) is 17.0 Å². The van der Waals surface area contributed by atoms with Crippen LogP contribution in [0.1, 0.15) is 39.2 Å². The van der Waals surface area contributed by atoms with Gasteiger partial charge in [-0.05, 0) is 37.5 Å². The van der Waals surface area contributed by atoms with E-state index in [2.05, 4.69) is 31.3 Å². The first-order valence-electron chi connectivity index (χ1n) is 6.54. The normalized spacial score (nSPS) is 11.7. The van der Waals surface area contributed by atoms with Crippen LogP contribution in [0, 0.1) is 0 Å². The number of carbonyl (C=O) groups is 1. The number of rotatable bonds is 6. The average Bonchev–Trinajstić information content (AvgIpc) is 2.27. The fourth-order valence-electron chi connectivity index (χ4n) is 1.56. The Morgan fingerprint density at radius 1 is 1.32 bits per heavy atom. The number of carbonyl (C=O) groups excluding carboxylic acids is 1. The maximum absolute atomic E-state index is 11.7. The largest absolute Gasteiger partial charge is 0.325 e. The van der Waals surface area contributed by atoms with Gasteiger partial charge in [-0.3, -0.25) is 4.79 Å². The van der Waals surface area contributed by atoms with Gasteiger partial charge in [0.15, 0.2) is 0 Å². The number of amides is 1. The van der Waals surface area contributed by atoms with Gasteiger partial charge in [0.05, 0.1) is 5.75 Å². The van der Waals surface area contributed by atoms with E-state index in [1.807, 2.05) is 26.0 Å². The van der Waals surface area contributed by atoms with Gasteiger partial charge in [-0.2, -0.15) is 11.8 Å². The third-order valence-electron chi connectivity index (χ3n) is 2.57. The Morgan fingerprint density at radius 3 is 2.37 bits per heavy atom. The Morgan fingerprint density at radius 2 is 1.89 bits per heavy atom. The van der Waals surface area contributed by atoms with E-state index in [4.69, 9.17) is 5.73 Å². The number of thioether (sulfide) groups is 1. The molecule has 3 N–H and O–H groups in total. The molecule has 1 amide bonds. The fourth-order valence-corrected chi connectivity index (χ4v) is 2.44. The summed E-state index contributed by atoms with van der Waals surface area (Å²) in [5, 5.41) is 2.89. The van der Waals surface area contributed by atoms with Crippen LogP contribution in [0.3, 0.4) is 0 Å². The molecule has 19 heavy (non-hydrogen) atoms. The van der Waals surface area contributed by atoms with Crippen LogP contribution in [-0.4, -0.2) is 23.0 Å². The second kappa shape index (κ2) is 6.96. The summed E-state index contributed by atoms with van der Waals surface area (Å²) >= 11 is 1.56. The molecule has 0 saturated heterocycles. The number of hydrogen-bond acceptors (Lipinski definition) is 3. The Bertz CT molecular complexity index is 407. The predicted octanol–water partition coefficient (Wildman–Crippen LogP) is 3.22. The first kappa shape index (κ1) is 16.1. The molecule has 0 aromatic heterocycles. The summed E-state index contributed by atoms with van der Waals surface area (Å²) in [6.45, 7) is 8.22. The lowest BCUT2D eigenvalue weighted by Gasteiger charge is -2.17. The summed E-state index contributed by atoms with van der Waals surface area (Å²) in [5.41, 5.74) is 7.76. The lowest BCUT2D eigenvalue weighted by Crippen LogP contribution is -2.35. The van der Waals surface area contributed by atoms with Crippen molar-refractivity contribution in [3.05, 3.63) is 29.8 Å². The first-order valence-corrected chi connectivity index (χ1v) is 7.70. The fraction of sp³-hybridized carbons (Fsp3) is 0.533. The zero-order chi connectivity index (χ0) is 14.5. The molecule has 0 fully saturated rings. The van der Waals surface area contributed by atoms with Crippen LogP contribution in [-0.2, 0) is 4.79 Å². The summed E-state index contributed by atoms with van der Waals surface area (Å²) in [6, 6.07) is 8.00. The Labute approximate surface area is 120 Å². The van der Waals surface area contributed by atoms with E-state index in [-0.39, 0.29) is 11.4 Å². The molecule has 1 rings (SSSR count). The van der Waals surface area contributed by atoms with Crippen molar-refractivity contribution in [1.29, 1.82) is 0 Å². The molecule has 0 unspecified atom stereocenters. The molecule has 0 spiro atoms. The second-order valence-corrected chi connectivity index (χ2v) is 6.79. The number of nitrogens with one attached hydrogen (secondary N) is 1. The molecule has 3 nitrogen and oxygen atoms in total. The predicted molar refractivity (Wildman–Crippen MR) is 84.8 cm³/mol. The quantitative estimate of drug-likeness (QED) is 0.841. The van der Waals surface area contributed by atoms with Crippen molar-refractivity contribution in [2.75, 3.05) is 16.8 Å². The van der Waals surface area contributed by atoms with Crippen LogP contribution < -0.4 is 11.1 Å². The Hall–Kier alpha value is -1.00. The molecule has 1 aromatic carbocycles. The van der Waals surface area contributed by atoms with Gasteiger partial charge in [-0.15, -0.1) is 0 Å². The highest BCUT2D eigenvalue weighted by atomic mass is 32.2. The molecule has 4 heteroatoms. The molecule has 0 radical (unpaired) electrons. The van der Waals surface area contributed by atoms with E-state index in [0.717, 1.165) is 11.4 Å². The first-order chi connectivity index (χ1) is 8.78. The van der Waals surface area contributed by atoms with E-state index >= 15 is 0 Å². The van der Waals surface area contributed by atoms with Gasteiger partial charge >= 0.3 is 0 Å². The summed E-state index contributed by atoms with van der Waals surface area (Å²) in [6.07, 6.45) is 0. The highest BCUT2D eigenvalue weighted by Crippen LogP contribution is 2.17. The van der Waals surface area contributed by atoms with Gasteiger partial charge in [0.1, 0.15) is 0 Å². The summed E-state index contributed by atoms with van der Waals surface area (Å²) in [5.74, 6) is 1.73. The van der Waals surface area contributed by atoms with E-state index in [0.29, 0.717) is 11.7 Å². The molecule has 0 aliphatic rings. The van der Waals surface area contributed by atoms with Crippen LogP contribution in [0.15, 0.2) is 24.3 Å². The van der Waals surface area contributed by atoms with Gasteiger partial charge < -0.3 is 11.1 Å².